The van der Waals surface area contributed by atoms with Gasteiger partial charge in [-0.15, -0.1) is 0 Å². The van der Waals surface area contributed by atoms with Crippen molar-refractivity contribution in [3.63, 3.8) is 0 Å². The van der Waals surface area contributed by atoms with Gasteiger partial charge in [0, 0.05) is 19.6 Å². The highest BCUT2D eigenvalue weighted by molar-refractivity contribution is 5.41. The Balaban J connectivity index is 2.16. The maximum atomic E-state index is 5.48. The van der Waals surface area contributed by atoms with Crippen LogP contribution in [-0.2, 0) is 4.74 Å². The largest absolute Gasteiger partial charge is 0.378 e. The van der Waals surface area contributed by atoms with Gasteiger partial charge < -0.3 is 20.3 Å². The molecule has 1 aromatic heterocycles. The van der Waals surface area contributed by atoms with E-state index >= 15 is 0 Å². The van der Waals surface area contributed by atoms with E-state index in [9.17, 15) is 0 Å². The van der Waals surface area contributed by atoms with E-state index in [1.807, 2.05) is 21.0 Å². The minimum atomic E-state index is 0.668. The van der Waals surface area contributed by atoms with Crippen molar-refractivity contribution in [2.24, 2.45) is 0 Å². The molecule has 6 nitrogen and oxygen atoms in total. The minimum absolute atomic E-state index is 0.668. The van der Waals surface area contributed by atoms with Crippen molar-refractivity contribution < 1.29 is 4.74 Å². The SMILES string of the molecule is CCNc1cncc(NCCOCCN(C)C)n1. The molecule has 6 heteroatoms. The molecule has 0 radical (unpaired) electrons. The van der Waals surface area contributed by atoms with Crippen LogP contribution in [0.5, 0.6) is 0 Å². The van der Waals surface area contributed by atoms with E-state index in [0.717, 1.165) is 37.9 Å². The Hall–Kier alpha value is -1.40. The maximum Gasteiger partial charge on any atom is 0.147 e. The Morgan fingerprint density at radius 1 is 1.17 bits per heavy atom. The molecule has 0 fully saturated rings. The van der Waals surface area contributed by atoms with E-state index in [-0.39, 0.29) is 0 Å². The second-order valence-corrected chi connectivity index (χ2v) is 4.16. The molecule has 102 valence electrons. The average molecular weight is 253 g/mol. The first-order valence-electron chi connectivity index (χ1n) is 6.24. The fourth-order valence-electron chi connectivity index (χ4n) is 1.32. The maximum absolute atomic E-state index is 5.48. The lowest BCUT2D eigenvalue weighted by molar-refractivity contribution is 0.126. The van der Waals surface area contributed by atoms with Crippen molar-refractivity contribution in [3.8, 4) is 0 Å². The summed E-state index contributed by atoms with van der Waals surface area (Å²) >= 11 is 0. The Kier molecular flexibility index (Phi) is 7.05. The van der Waals surface area contributed by atoms with Gasteiger partial charge in [-0.25, -0.2) is 4.98 Å². The second-order valence-electron chi connectivity index (χ2n) is 4.16. The highest BCUT2D eigenvalue weighted by Crippen LogP contribution is 2.05. The molecular formula is C12H23N5O. The quantitative estimate of drug-likeness (QED) is 0.638. The zero-order valence-corrected chi connectivity index (χ0v) is 11.4. The summed E-state index contributed by atoms with van der Waals surface area (Å²) in [5.41, 5.74) is 0. The van der Waals surface area contributed by atoms with E-state index in [4.69, 9.17) is 4.74 Å². The predicted octanol–water partition coefficient (Wildman–Crippen LogP) is 0.898. The third kappa shape index (κ3) is 6.36. The van der Waals surface area contributed by atoms with Crippen LogP contribution >= 0.6 is 0 Å². The van der Waals surface area contributed by atoms with E-state index in [1.54, 1.807) is 12.4 Å². The Labute approximate surface area is 109 Å². The van der Waals surface area contributed by atoms with E-state index in [0.29, 0.717) is 6.61 Å². The molecule has 0 aromatic carbocycles. The fourth-order valence-corrected chi connectivity index (χ4v) is 1.32. The summed E-state index contributed by atoms with van der Waals surface area (Å²) in [5, 5.41) is 6.30. The van der Waals surface area contributed by atoms with Gasteiger partial charge in [-0.1, -0.05) is 0 Å². The molecule has 2 N–H and O–H groups in total. The number of aromatic nitrogens is 2. The molecule has 18 heavy (non-hydrogen) atoms. The van der Waals surface area contributed by atoms with Crippen molar-refractivity contribution >= 4 is 11.6 Å². The van der Waals surface area contributed by atoms with Gasteiger partial charge in [0.1, 0.15) is 11.6 Å². The average Bonchev–Trinajstić information content (AvgIpc) is 2.34. The molecule has 0 bridgehead atoms. The van der Waals surface area contributed by atoms with Gasteiger partial charge in [0.25, 0.3) is 0 Å². The van der Waals surface area contributed by atoms with Crippen LogP contribution in [0.4, 0.5) is 11.6 Å². The van der Waals surface area contributed by atoms with Crippen molar-refractivity contribution in [3.05, 3.63) is 12.4 Å². The van der Waals surface area contributed by atoms with E-state index in [1.165, 1.54) is 0 Å². The lowest BCUT2D eigenvalue weighted by Crippen LogP contribution is -2.20. The third-order valence-electron chi connectivity index (χ3n) is 2.23. The molecule has 1 aromatic rings. The summed E-state index contributed by atoms with van der Waals surface area (Å²) < 4.78 is 5.48. The Morgan fingerprint density at radius 3 is 2.56 bits per heavy atom. The van der Waals surface area contributed by atoms with Crippen LogP contribution in [0.1, 0.15) is 6.92 Å². The number of likely N-dealkylation sites (N-methyl/N-ethyl adjacent to an activating group) is 1. The molecule has 0 amide bonds. The highest BCUT2D eigenvalue weighted by atomic mass is 16.5. The second kappa shape index (κ2) is 8.66. The monoisotopic (exact) mass is 253 g/mol. The van der Waals surface area contributed by atoms with Crippen LogP contribution in [0.25, 0.3) is 0 Å². The first-order valence-corrected chi connectivity index (χ1v) is 6.24. The van der Waals surface area contributed by atoms with Crippen LogP contribution in [0, 0.1) is 0 Å². The zero-order valence-electron chi connectivity index (χ0n) is 11.4. The summed E-state index contributed by atoms with van der Waals surface area (Å²) in [6.07, 6.45) is 3.42. The smallest absolute Gasteiger partial charge is 0.147 e. The molecule has 0 saturated heterocycles. The fraction of sp³-hybridized carbons (Fsp3) is 0.667. The van der Waals surface area contributed by atoms with Gasteiger partial charge >= 0.3 is 0 Å². The normalized spacial score (nSPS) is 10.7. The van der Waals surface area contributed by atoms with Gasteiger partial charge in [-0.2, -0.15) is 0 Å². The molecule has 1 heterocycles. The summed E-state index contributed by atoms with van der Waals surface area (Å²) in [7, 11) is 4.06. The summed E-state index contributed by atoms with van der Waals surface area (Å²) in [6.45, 7) is 5.96. The van der Waals surface area contributed by atoms with Gasteiger partial charge in [-0.3, -0.25) is 4.98 Å². The first kappa shape index (κ1) is 14.7. The van der Waals surface area contributed by atoms with Crippen molar-refractivity contribution in [1.82, 2.24) is 14.9 Å². The summed E-state index contributed by atoms with van der Waals surface area (Å²) in [4.78, 5) is 10.6. The molecule has 0 spiro atoms. The van der Waals surface area contributed by atoms with Crippen LogP contribution in [-0.4, -0.2) is 61.8 Å². The van der Waals surface area contributed by atoms with Crippen molar-refractivity contribution in [2.75, 3.05) is 57.6 Å². The highest BCUT2D eigenvalue weighted by Gasteiger charge is 1.97. The molecule has 0 atom stereocenters. The van der Waals surface area contributed by atoms with E-state index in [2.05, 4.69) is 25.5 Å². The third-order valence-corrected chi connectivity index (χ3v) is 2.23. The minimum Gasteiger partial charge on any atom is -0.378 e. The molecular weight excluding hydrogens is 230 g/mol. The van der Waals surface area contributed by atoms with Crippen molar-refractivity contribution in [1.29, 1.82) is 0 Å². The van der Waals surface area contributed by atoms with Gasteiger partial charge in [0.05, 0.1) is 25.6 Å². The zero-order chi connectivity index (χ0) is 13.2. The topological polar surface area (TPSA) is 62.3 Å². The van der Waals surface area contributed by atoms with Crippen LogP contribution in [0.2, 0.25) is 0 Å². The van der Waals surface area contributed by atoms with Crippen LogP contribution < -0.4 is 10.6 Å². The number of rotatable bonds is 9. The number of hydrogen-bond donors (Lipinski definition) is 2. The number of ether oxygens (including phenoxy) is 1. The number of anilines is 2. The number of nitrogens with one attached hydrogen (secondary N) is 2. The number of nitrogens with zero attached hydrogens (tertiary/aromatic N) is 3. The van der Waals surface area contributed by atoms with E-state index < -0.39 is 0 Å². The standard InChI is InChI=1S/C12H23N5O/c1-4-14-11-9-13-10-12(16-11)15-5-7-18-8-6-17(2)3/h9-10H,4-8H2,1-3H3,(H2,14,15,16). The molecule has 0 aliphatic heterocycles. The van der Waals surface area contributed by atoms with Crippen molar-refractivity contribution in [2.45, 2.75) is 6.92 Å². The Bertz CT molecular complexity index is 332. The predicted molar refractivity (Wildman–Crippen MR) is 74.1 cm³/mol. The molecule has 0 aliphatic rings. The first-order chi connectivity index (χ1) is 8.72. The van der Waals surface area contributed by atoms with Crippen LogP contribution in [0.3, 0.4) is 0 Å². The summed E-state index contributed by atoms with van der Waals surface area (Å²) in [6, 6.07) is 0. The molecule has 0 unspecified atom stereocenters. The molecule has 0 aliphatic carbocycles. The van der Waals surface area contributed by atoms with Crippen LogP contribution in [0.15, 0.2) is 12.4 Å². The molecule has 1 rings (SSSR count). The lowest BCUT2D eigenvalue weighted by Gasteiger charge is -2.10. The van der Waals surface area contributed by atoms with Gasteiger partial charge in [0.2, 0.25) is 0 Å². The molecule has 0 saturated carbocycles. The Morgan fingerprint density at radius 2 is 1.89 bits per heavy atom. The lowest BCUT2D eigenvalue weighted by atomic mass is 10.5. The van der Waals surface area contributed by atoms with Gasteiger partial charge in [-0.05, 0) is 21.0 Å². The van der Waals surface area contributed by atoms with Gasteiger partial charge in [0.15, 0.2) is 0 Å². The number of hydrogen-bond acceptors (Lipinski definition) is 6. The summed E-state index contributed by atoms with van der Waals surface area (Å²) in [5.74, 6) is 1.56.